The molecular formula is C15H21NO4S. The monoisotopic (exact) mass is 311 g/mol. The third kappa shape index (κ3) is 2.96. The predicted molar refractivity (Wildman–Crippen MR) is 79.3 cm³/mol. The number of ether oxygens (including phenoxy) is 1. The SMILES string of the molecule is COC(=O)C1CN(S(=O)(=O)c2ccc(C)cc2C)CC1C. The molecular weight excluding hydrogens is 290 g/mol. The van der Waals surface area contributed by atoms with Crippen LogP contribution in [0.1, 0.15) is 18.1 Å². The Kier molecular flexibility index (Phi) is 4.39. The number of carbonyl (C=O) groups excluding carboxylic acids is 1. The highest BCUT2D eigenvalue weighted by Crippen LogP contribution is 2.30. The van der Waals surface area contributed by atoms with Crippen molar-refractivity contribution in [2.75, 3.05) is 20.2 Å². The van der Waals surface area contributed by atoms with Crippen LogP contribution in [0.3, 0.4) is 0 Å². The Balaban J connectivity index is 2.31. The van der Waals surface area contributed by atoms with Crippen LogP contribution in [0.25, 0.3) is 0 Å². The minimum atomic E-state index is -3.57. The molecule has 1 fully saturated rings. The Bertz CT molecular complexity index is 654. The molecule has 1 heterocycles. The fourth-order valence-electron chi connectivity index (χ4n) is 2.80. The molecule has 0 radical (unpaired) electrons. The molecule has 21 heavy (non-hydrogen) atoms. The molecule has 0 aromatic heterocycles. The lowest BCUT2D eigenvalue weighted by atomic mass is 9.99. The molecule has 0 amide bonds. The van der Waals surface area contributed by atoms with E-state index in [2.05, 4.69) is 0 Å². The van der Waals surface area contributed by atoms with Crippen LogP contribution < -0.4 is 0 Å². The van der Waals surface area contributed by atoms with Crippen molar-refractivity contribution in [1.82, 2.24) is 4.31 Å². The van der Waals surface area contributed by atoms with E-state index in [1.165, 1.54) is 11.4 Å². The first-order chi connectivity index (χ1) is 9.77. The molecule has 1 aromatic carbocycles. The highest BCUT2D eigenvalue weighted by atomic mass is 32.2. The van der Waals surface area contributed by atoms with Crippen LogP contribution in [-0.4, -0.2) is 38.9 Å². The van der Waals surface area contributed by atoms with Crippen LogP contribution in [0.4, 0.5) is 0 Å². The van der Waals surface area contributed by atoms with Gasteiger partial charge in [-0.3, -0.25) is 4.79 Å². The smallest absolute Gasteiger partial charge is 0.310 e. The van der Waals surface area contributed by atoms with Crippen molar-refractivity contribution >= 4 is 16.0 Å². The zero-order valence-electron chi connectivity index (χ0n) is 12.8. The Morgan fingerprint density at radius 2 is 1.95 bits per heavy atom. The third-order valence-electron chi connectivity index (χ3n) is 4.03. The fraction of sp³-hybridized carbons (Fsp3) is 0.533. The van der Waals surface area contributed by atoms with E-state index < -0.39 is 15.9 Å². The summed E-state index contributed by atoms with van der Waals surface area (Å²) >= 11 is 0. The first-order valence-electron chi connectivity index (χ1n) is 6.92. The van der Waals surface area contributed by atoms with Gasteiger partial charge in [-0.05, 0) is 31.4 Å². The Labute approximate surface area is 126 Å². The number of esters is 1. The van der Waals surface area contributed by atoms with Gasteiger partial charge in [0.1, 0.15) is 0 Å². The number of methoxy groups -OCH3 is 1. The Morgan fingerprint density at radius 3 is 2.52 bits per heavy atom. The summed E-state index contributed by atoms with van der Waals surface area (Å²) in [5, 5.41) is 0. The maximum Gasteiger partial charge on any atom is 0.310 e. The number of carbonyl (C=O) groups is 1. The molecule has 116 valence electrons. The topological polar surface area (TPSA) is 63.7 Å². The average molecular weight is 311 g/mol. The van der Waals surface area contributed by atoms with Gasteiger partial charge in [0.2, 0.25) is 10.0 Å². The van der Waals surface area contributed by atoms with E-state index in [1.54, 1.807) is 19.1 Å². The number of nitrogens with zero attached hydrogens (tertiary/aromatic N) is 1. The number of benzene rings is 1. The molecule has 0 aliphatic carbocycles. The van der Waals surface area contributed by atoms with Crippen molar-refractivity contribution in [3.05, 3.63) is 29.3 Å². The zero-order valence-corrected chi connectivity index (χ0v) is 13.6. The van der Waals surface area contributed by atoms with E-state index in [0.29, 0.717) is 11.4 Å². The number of hydrogen-bond acceptors (Lipinski definition) is 4. The van der Waals surface area contributed by atoms with E-state index >= 15 is 0 Å². The second-order valence-electron chi connectivity index (χ2n) is 5.70. The van der Waals surface area contributed by atoms with Crippen molar-refractivity contribution < 1.29 is 17.9 Å². The molecule has 5 nitrogen and oxygen atoms in total. The van der Waals surface area contributed by atoms with Crippen molar-refractivity contribution in [2.45, 2.75) is 25.7 Å². The van der Waals surface area contributed by atoms with Crippen LogP contribution in [0.15, 0.2) is 23.1 Å². The standard InChI is InChI=1S/C15H21NO4S/c1-10-5-6-14(11(2)7-10)21(18,19)16-8-12(3)13(9-16)15(17)20-4/h5-7,12-13H,8-9H2,1-4H3. The molecule has 1 aliphatic rings. The van der Waals surface area contributed by atoms with Gasteiger partial charge in [-0.1, -0.05) is 24.6 Å². The van der Waals surface area contributed by atoms with Crippen LogP contribution >= 0.6 is 0 Å². The Hall–Kier alpha value is -1.40. The summed E-state index contributed by atoms with van der Waals surface area (Å²) < 4.78 is 31.6. The fourth-order valence-corrected chi connectivity index (χ4v) is 4.58. The van der Waals surface area contributed by atoms with Gasteiger partial charge in [-0.15, -0.1) is 0 Å². The summed E-state index contributed by atoms with van der Waals surface area (Å²) in [6.45, 7) is 6.11. The third-order valence-corrected chi connectivity index (χ3v) is 6.02. The number of sulfonamides is 1. The highest BCUT2D eigenvalue weighted by Gasteiger charge is 2.41. The number of aryl methyl sites for hydroxylation is 2. The van der Waals surface area contributed by atoms with Gasteiger partial charge in [0.15, 0.2) is 0 Å². The molecule has 1 aromatic rings. The van der Waals surface area contributed by atoms with Crippen LogP contribution in [0.5, 0.6) is 0 Å². The molecule has 1 saturated heterocycles. The van der Waals surface area contributed by atoms with Crippen LogP contribution in [-0.2, 0) is 19.6 Å². The first-order valence-corrected chi connectivity index (χ1v) is 8.36. The van der Waals surface area contributed by atoms with Crippen LogP contribution in [0.2, 0.25) is 0 Å². The summed E-state index contributed by atoms with van der Waals surface area (Å²) in [6.07, 6.45) is 0. The molecule has 0 N–H and O–H groups in total. The molecule has 2 atom stereocenters. The lowest BCUT2D eigenvalue weighted by Crippen LogP contribution is -2.30. The quantitative estimate of drug-likeness (QED) is 0.798. The van der Waals surface area contributed by atoms with Gasteiger partial charge in [-0.2, -0.15) is 4.31 Å². The number of rotatable bonds is 3. The van der Waals surface area contributed by atoms with E-state index in [-0.39, 0.29) is 18.4 Å². The normalized spacial score (nSPS) is 23.2. The molecule has 0 spiro atoms. The molecule has 0 saturated carbocycles. The second kappa shape index (κ2) is 5.77. The second-order valence-corrected chi connectivity index (χ2v) is 7.60. The van der Waals surface area contributed by atoms with Crippen molar-refractivity contribution in [3.63, 3.8) is 0 Å². The molecule has 0 bridgehead atoms. The van der Waals surface area contributed by atoms with Gasteiger partial charge in [0.05, 0.1) is 17.9 Å². The van der Waals surface area contributed by atoms with Gasteiger partial charge in [0.25, 0.3) is 0 Å². The minimum Gasteiger partial charge on any atom is -0.469 e. The van der Waals surface area contributed by atoms with Gasteiger partial charge in [-0.25, -0.2) is 8.42 Å². The molecule has 2 unspecified atom stereocenters. The van der Waals surface area contributed by atoms with E-state index in [1.807, 2.05) is 19.9 Å². The molecule has 2 rings (SSSR count). The first kappa shape index (κ1) is 16.0. The lowest BCUT2D eigenvalue weighted by Gasteiger charge is -2.18. The average Bonchev–Trinajstić information content (AvgIpc) is 2.80. The maximum absolute atomic E-state index is 12.7. The molecule has 6 heteroatoms. The summed E-state index contributed by atoms with van der Waals surface area (Å²) in [7, 11) is -2.24. The summed E-state index contributed by atoms with van der Waals surface area (Å²) in [4.78, 5) is 12.0. The van der Waals surface area contributed by atoms with Crippen molar-refractivity contribution in [2.24, 2.45) is 11.8 Å². The van der Waals surface area contributed by atoms with Gasteiger partial charge >= 0.3 is 5.97 Å². The van der Waals surface area contributed by atoms with Crippen LogP contribution in [0, 0.1) is 25.7 Å². The predicted octanol–water partition coefficient (Wildman–Crippen LogP) is 1.73. The summed E-state index contributed by atoms with van der Waals surface area (Å²) in [6, 6.07) is 5.28. The molecule has 1 aliphatic heterocycles. The van der Waals surface area contributed by atoms with Crippen molar-refractivity contribution in [1.29, 1.82) is 0 Å². The lowest BCUT2D eigenvalue weighted by molar-refractivity contribution is -0.145. The van der Waals surface area contributed by atoms with Crippen molar-refractivity contribution in [3.8, 4) is 0 Å². The number of hydrogen-bond donors (Lipinski definition) is 0. The van der Waals surface area contributed by atoms with E-state index in [9.17, 15) is 13.2 Å². The van der Waals surface area contributed by atoms with E-state index in [4.69, 9.17) is 4.74 Å². The van der Waals surface area contributed by atoms with Gasteiger partial charge in [0, 0.05) is 13.1 Å². The summed E-state index contributed by atoms with van der Waals surface area (Å²) in [5.74, 6) is -0.783. The van der Waals surface area contributed by atoms with E-state index in [0.717, 1.165) is 11.1 Å². The summed E-state index contributed by atoms with van der Waals surface area (Å²) in [5.41, 5.74) is 1.75. The minimum absolute atomic E-state index is 0.0435. The maximum atomic E-state index is 12.7. The highest BCUT2D eigenvalue weighted by molar-refractivity contribution is 7.89. The zero-order chi connectivity index (χ0) is 15.8. The largest absolute Gasteiger partial charge is 0.469 e. The Morgan fingerprint density at radius 1 is 1.29 bits per heavy atom. The van der Waals surface area contributed by atoms with Gasteiger partial charge < -0.3 is 4.74 Å².